The highest BCUT2D eigenvalue weighted by atomic mass is 16.6. The van der Waals surface area contributed by atoms with Gasteiger partial charge in [-0.3, -0.25) is 10.1 Å². The molecule has 0 unspecified atom stereocenters. The molecule has 13 heavy (non-hydrogen) atoms. The van der Waals surface area contributed by atoms with Crippen molar-refractivity contribution in [1.82, 2.24) is 19.6 Å². The van der Waals surface area contributed by atoms with Crippen LogP contribution < -0.4 is 5.11 Å². The third-order valence-electron chi connectivity index (χ3n) is 1.44. The summed E-state index contributed by atoms with van der Waals surface area (Å²) in [4.78, 5) is 16.7. The van der Waals surface area contributed by atoms with Crippen LogP contribution in [0.25, 0.3) is 5.78 Å². The second-order valence-corrected chi connectivity index (χ2v) is 2.18. The molecule has 0 aliphatic heterocycles. The first-order valence-corrected chi connectivity index (χ1v) is 3.20. The van der Waals surface area contributed by atoms with Gasteiger partial charge in [-0.25, -0.2) is 9.50 Å². The summed E-state index contributed by atoms with van der Waals surface area (Å²) in [6, 6.07) is 0. The van der Waals surface area contributed by atoms with Crippen LogP contribution in [0, 0.1) is 10.1 Å². The van der Waals surface area contributed by atoms with Crippen molar-refractivity contribution in [2.45, 2.75) is 0 Å². The molecule has 0 bridgehead atoms. The maximum Gasteiger partial charge on any atom is 0.298 e. The molecular weight excluding hydrogens is 178 g/mol. The molecular formula is C5H2N5O3-. The zero-order valence-corrected chi connectivity index (χ0v) is 6.12. The van der Waals surface area contributed by atoms with Gasteiger partial charge >= 0.3 is 0 Å². The summed E-state index contributed by atoms with van der Waals surface area (Å²) in [7, 11) is 0. The third kappa shape index (κ3) is 0.956. The quantitative estimate of drug-likeness (QED) is 0.415. The molecule has 0 aliphatic carbocycles. The molecule has 0 saturated carbocycles. The molecule has 0 spiro atoms. The first-order chi connectivity index (χ1) is 6.20. The standard InChI is InChI=1S/C5H3N5O3/c11-4-3(10(12)13)1-6-5-7-2-8-9(4)5/h1-2,11H/p-1. The molecule has 2 heterocycles. The zero-order chi connectivity index (χ0) is 9.42. The minimum absolute atomic E-state index is 0.0515. The maximum atomic E-state index is 11.2. The number of hydrogen-bond acceptors (Lipinski definition) is 6. The lowest BCUT2D eigenvalue weighted by atomic mass is 10.5. The van der Waals surface area contributed by atoms with Gasteiger partial charge in [0.2, 0.25) is 0 Å². The van der Waals surface area contributed by atoms with Gasteiger partial charge in [-0.05, 0) is 0 Å². The lowest BCUT2D eigenvalue weighted by Crippen LogP contribution is -2.06. The Bertz CT molecular complexity index is 478. The van der Waals surface area contributed by atoms with Crippen molar-refractivity contribution in [3.63, 3.8) is 0 Å². The van der Waals surface area contributed by atoms with E-state index in [-0.39, 0.29) is 5.78 Å². The van der Waals surface area contributed by atoms with E-state index in [1.165, 1.54) is 0 Å². The number of hydrogen-bond donors (Lipinski definition) is 0. The molecule has 0 fully saturated rings. The zero-order valence-electron chi connectivity index (χ0n) is 6.12. The van der Waals surface area contributed by atoms with E-state index in [1.807, 2.05) is 0 Å². The SMILES string of the molecule is O=[N+]([O-])c1cnc2ncnn2c1[O-]. The molecule has 2 aromatic heterocycles. The van der Waals surface area contributed by atoms with Gasteiger partial charge < -0.3 is 5.11 Å². The van der Waals surface area contributed by atoms with Crippen LogP contribution in [-0.4, -0.2) is 24.5 Å². The van der Waals surface area contributed by atoms with E-state index in [0.717, 1.165) is 17.0 Å². The molecule has 0 saturated heterocycles. The van der Waals surface area contributed by atoms with Gasteiger partial charge in [0.1, 0.15) is 12.5 Å². The van der Waals surface area contributed by atoms with Crippen LogP contribution in [0.4, 0.5) is 5.69 Å². The van der Waals surface area contributed by atoms with Crippen LogP contribution in [-0.2, 0) is 0 Å². The number of nitro groups is 1. The van der Waals surface area contributed by atoms with Crippen molar-refractivity contribution >= 4 is 11.5 Å². The summed E-state index contributed by atoms with van der Waals surface area (Å²) in [5, 5.41) is 25.0. The van der Waals surface area contributed by atoms with Crippen LogP contribution in [0.15, 0.2) is 12.5 Å². The summed E-state index contributed by atoms with van der Waals surface area (Å²) in [6.07, 6.45) is 1.97. The van der Waals surface area contributed by atoms with E-state index >= 15 is 0 Å². The van der Waals surface area contributed by atoms with Gasteiger partial charge in [0.05, 0.1) is 10.8 Å². The summed E-state index contributed by atoms with van der Waals surface area (Å²) in [5.74, 6) is -0.775. The maximum absolute atomic E-state index is 11.2. The predicted octanol–water partition coefficient (Wildman–Crippen LogP) is -0.894. The first kappa shape index (κ1) is 7.40. The number of nitrogens with zero attached hydrogens (tertiary/aromatic N) is 5. The molecule has 0 aliphatic rings. The topological polar surface area (TPSA) is 109 Å². The van der Waals surface area contributed by atoms with E-state index in [0.29, 0.717) is 0 Å². The average molecular weight is 180 g/mol. The Kier molecular flexibility index (Phi) is 1.35. The molecule has 0 amide bonds. The van der Waals surface area contributed by atoms with Gasteiger partial charge in [-0.1, -0.05) is 0 Å². The summed E-state index contributed by atoms with van der Waals surface area (Å²) in [6.45, 7) is 0. The van der Waals surface area contributed by atoms with E-state index in [9.17, 15) is 15.2 Å². The Labute approximate surface area is 70.6 Å². The molecule has 2 aromatic rings. The molecule has 8 heteroatoms. The van der Waals surface area contributed by atoms with E-state index in [1.54, 1.807) is 0 Å². The molecule has 0 aromatic carbocycles. The highest BCUT2D eigenvalue weighted by Gasteiger charge is 2.11. The Morgan fingerprint density at radius 1 is 1.46 bits per heavy atom. The lowest BCUT2D eigenvalue weighted by molar-refractivity contribution is -0.400. The Morgan fingerprint density at radius 3 is 2.92 bits per heavy atom. The second-order valence-electron chi connectivity index (χ2n) is 2.18. The third-order valence-corrected chi connectivity index (χ3v) is 1.44. The van der Waals surface area contributed by atoms with Crippen LogP contribution >= 0.6 is 0 Å². The molecule has 0 atom stereocenters. The van der Waals surface area contributed by atoms with Crippen LogP contribution in [0.2, 0.25) is 0 Å². The predicted molar refractivity (Wildman–Crippen MR) is 36.9 cm³/mol. The van der Waals surface area contributed by atoms with Crippen molar-refractivity contribution in [3.05, 3.63) is 22.6 Å². The molecule has 0 radical (unpaired) electrons. The average Bonchev–Trinajstić information content (AvgIpc) is 2.52. The van der Waals surface area contributed by atoms with Crippen LogP contribution in [0.3, 0.4) is 0 Å². The monoisotopic (exact) mass is 180 g/mol. The van der Waals surface area contributed by atoms with E-state index < -0.39 is 16.5 Å². The van der Waals surface area contributed by atoms with Crippen molar-refractivity contribution in [3.8, 4) is 5.88 Å². The molecule has 8 nitrogen and oxygen atoms in total. The van der Waals surface area contributed by atoms with Crippen LogP contribution in [0.1, 0.15) is 0 Å². The van der Waals surface area contributed by atoms with Gasteiger partial charge in [0.25, 0.3) is 11.5 Å². The largest absolute Gasteiger partial charge is 0.854 e. The highest BCUT2D eigenvalue weighted by molar-refractivity contribution is 5.43. The van der Waals surface area contributed by atoms with Gasteiger partial charge in [0, 0.05) is 0 Å². The number of aromatic nitrogens is 4. The molecule has 0 N–H and O–H groups in total. The number of rotatable bonds is 1. The second kappa shape index (κ2) is 2.37. The molecule has 66 valence electrons. The van der Waals surface area contributed by atoms with Crippen LogP contribution in [0.5, 0.6) is 5.88 Å². The summed E-state index contributed by atoms with van der Waals surface area (Å²) >= 11 is 0. The van der Waals surface area contributed by atoms with Crippen molar-refractivity contribution < 1.29 is 10.0 Å². The van der Waals surface area contributed by atoms with Crippen molar-refractivity contribution in [1.29, 1.82) is 0 Å². The lowest BCUT2D eigenvalue weighted by Gasteiger charge is -2.05. The number of fused-ring (bicyclic) bond motifs is 1. The first-order valence-electron chi connectivity index (χ1n) is 3.20. The van der Waals surface area contributed by atoms with E-state index in [2.05, 4.69) is 15.1 Å². The normalized spacial score (nSPS) is 10.5. The fourth-order valence-corrected chi connectivity index (χ4v) is 0.875. The van der Waals surface area contributed by atoms with Gasteiger partial charge in [-0.15, -0.1) is 0 Å². The molecule has 2 rings (SSSR count). The minimum Gasteiger partial charge on any atom is -0.854 e. The smallest absolute Gasteiger partial charge is 0.298 e. The van der Waals surface area contributed by atoms with E-state index in [4.69, 9.17) is 0 Å². The fourth-order valence-electron chi connectivity index (χ4n) is 0.875. The minimum atomic E-state index is -0.826. The van der Waals surface area contributed by atoms with Crippen molar-refractivity contribution in [2.24, 2.45) is 0 Å². The Balaban J connectivity index is 2.80. The van der Waals surface area contributed by atoms with Gasteiger partial charge in [-0.2, -0.15) is 10.1 Å². The van der Waals surface area contributed by atoms with Gasteiger partial charge in [0.15, 0.2) is 0 Å². The fraction of sp³-hybridized carbons (Fsp3) is 0. The Hall–Kier alpha value is -2.25. The highest BCUT2D eigenvalue weighted by Crippen LogP contribution is 2.19. The van der Waals surface area contributed by atoms with Crippen molar-refractivity contribution in [2.75, 3.05) is 0 Å². The Morgan fingerprint density at radius 2 is 2.23 bits per heavy atom. The summed E-state index contributed by atoms with van der Waals surface area (Å²) in [5.41, 5.74) is -0.613. The summed E-state index contributed by atoms with van der Waals surface area (Å²) < 4.78 is 0.776.